The molecule has 0 bridgehead atoms. The van der Waals surface area contributed by atoms with Gasteiger partial charge in [0.25, 0.3) is 5.91 Å². The molecule has 0 spiro atoms. The van der Waals surface area contributed by atoms with Gasteiger partial charge in [0.05, 0.1) is 6.04 Å². The molecule has 4 amide bonds. The number of nitrogens with one attached hydrogen (secondary N) is 2. The number of carbonyl (C=O) groups excluding carboxylic acids is 5. The molecular weight excluding hydrogens is 464 g/mol. The third-order valence-corrected chi connectivity index (χ3v) is 7.68. The summed E-state index contributed by atoms with van der Waals surface area (Å²) in [5.74, 6) is -2.45. The standard InChI is InChI=1S/C26H42N4O6/c1-24(2,3)19(29-23(35)36-25(4,5)6)22(34)30-12-14-16(26(14,7)8)17(30)21(33)28-15(11-13-9-10-13)18(31)20(27)32/h13-17,19H,9-12H2,1-8H3,(H2,27,32)(H,28,33)(H,29,35)/t14-,15-,16-,17-,19+/m0/s1. The molecule has 1 heterocycles. The second kappa shape index (κ2) is 9.34. The number of likely N-dealkylation sites (tertiary alicyclic amines) is 1. The fraction of sp³-hybridized carbons (Fsp3) is 0.808. The van der Waals surface area contributed by atoms with Crippen LogP contribution in [0.5, 0.6) is 0 Å². The average molecular weight is 507 g/mol. The first-order chi connectivity index (χ1) is 16.3. The predicted molar refractivity (Wildman–Crippen MR) is 132 cm³/mol. The molecule has 1 saturated heterocycles. The SMILES string of the molecule is CC(C)(C)OC(=O)N[C@H](C(=O)N1C[C@H]2[C@@H]([C@H]1C(=O)N[C@@H](CC1CC1)C(=O)C(N)=O)C2(C)C)C(C)(C)C. The van der Waals surface area contributed by atoms with E-state index in [0.717, 1.165) is 12.8 Å². The fourth-order valence-electron chi connectivity index (χ4n) is 5.40. The van der Waals surface area contributed by atoms with Crippen molar-refractivity contribution in [2.45, 2.75) is 98.4 Å². The molecule has 0 radical (unpaired) electrons. The topological polar surface area (TPSA) is 148 Å². The Hall–Kier alpha value is -2.65. The molecule has 36 heavy (non-hydrogen) atoms. The van der Waals surface area contributed by atoms with Crippen LogP contribution in [0.2, 0.25) is 0 Å². The van der Waals surface area contributed by atoms with Crippen LogP contribution in [0.15, 0.2) is 0 Å². The second-order valence-electron chi connectivity index (χ2n) is 13.3. The number of rotatable bonds is 8. The van der Waals surface area contributed by atoms with Gasteiger partial charge >= 0.3 is 6.09 Å². The number of hydrogen-bond donors (Lipinski definition) is 3. The molecule has 1 aliphatic heterocycles. The molecule has 5 atom stereocenters. The fourth-order valence-corrected chi connectivity index (χ4v) is 5.40. The van der Waals surface area contributed by atoms with E-state index >= 15 is 0 Å². The van der Waals surface area contributed by atoms with Gasteiger partial charge in [0.2, 0.25) is 17.6 Å². The van der Waals surface area contributed by atoms with E-state index in [1.807, 2.05) is 20.8 Å². The molecule has 202 valence electrons. The molecular formula is C26H42N4O6. The van der Waals surface area contributed by atoms with Gasteiger partial charge in [0.15, 0.2) is 0 Å². The number of ketones is 1. The Labute approximate surface area is 213 Å². The summed E-state index contributed by atoms with van der Waals surface area (Å²) in [7, 11) is 0. The molecule has 10 heteroatoms. The largest absolute Gasteiger partial charge is 0.444 e. The molecule has 2 aliphatic carbocycles. The van der Waals surface area contributed by atoms with E-state index in [0.29, 0.717) is 13.0 Å². The van der Waals surface area contributed by atoms with Gasteiger partial charge in [-0.25, -0.2) is 4.79 Å². The molecule has 3 aliphatic rings. The Bertz CT molecular complexity index is 943. The number of ether oxygens (including phenoxy) is 1. The number of piperidine rings is 1. The van der Waals surface area contributed by atoms with Gasteiger partial charge in [-0.15, -0.1) is 0 Å². The highest BCUT2D eigenvalue weighted by Gasteiger charge is 2.70. The third-order valence-electron chi connectivity index (χ3n) is 7.68. The Balaban J connectivity index is 1.83. The first kappa shape index (κ1) is 27.9. The van der Waals surface area contributed by atoms with Gasteiger partial charge in [-0.2, -0.15) is 0 Å². The average Bonchev–Trinajstić information content (AvgIpc) is 3.55. The monoisotopic (exact) mass is 506 g/mol. The van der Waals surface area contributed by atoms with E-state index in [4.69, 9.17) is 10.5 Å². The van der Waals surface area contributed by atoms with E-state index < -0.39 is 52.8 Å². The summed E-state index contributed by atoms with van der Waals surface area (Å²) < 4.78 is 5.38. The molecule has 0 aromatic heterocycles. The highest BCUT2D eigenvalue weighted by atomic mass is 16.6. The highest BCUT2D eigenvalue weighted by Crippen LogP contribution is 2.65. The number of fused-ring (bicyclic) bond motifs is 1. The number of carbonyl (C=O) groups is 5. The van der Waals surface area contributed by atoms with Crippen LogP contribution in [0.3, 0.4) is 0 Å². The highest BCUT2D eigenvalue weighted by molar-refractivity contribution is 6.37. The summed E-state index contributed by atoms with van der Waals surface area (Å²) in [5, 5.41) is 5.45. The van der Waals surface area contributed by atoms with Gasteiger partial charge in [0.1, 0.15) is 17.7 Å². The van der Waals surface area contributed by atoms with Crippen LogP contribution in [-0.4, -0.2) is 64.8 Å². The molecule has 0 aromatic carbocycles. The van der Waals surface area contributed by atoms with Crippen molar-refractivity contribution < 1.29 is 28.7 Å². The van der Waals surface area contributed by atoms with Crippen molar-refractivity contribution >= 4 is 29.6 Å². The summed E-state index contributed by atoms with van der Waals surface area (Å²) >= 11 is 0. The Morgan fingerprint density at radius 1 is 1.03 bits per heavy atom. The lowest BCUT2D eigenvalue weighted by Crippen LogP contribution is -2.60. The van der Waals surface area contributed by atoms with Gasteiger partial charge < -0.3 is 26.0 Å². The summed E-state index contributed by atoms with van der Waals surface area (Å²) in [6.45, 7) is 15.2. The molecule has 3 fully saturated rings. The zero-order chi connectivity index (χ0) is 27.4. The number of nitrogens with zero attached hydrogens (tertiary/aromatic N) is 1. The van der Waals surface area contributed by atoms with Crippen LogP contribution in [0.4, 0.5) is 4.79 Å². The van der Waals surface area contributed by atoms with Crippen LogP contribution in [0, 0.1) is 28.6 Å². The molecule has 0 aromatic rings. The van der Waals surface area contributed by atoms with Crippen molar-refractivity contribution in [2.75, 3.05) is 6.54 Å². The van der Waals surface area contributed by atoms with Crippen LogP contribution in [0.1, 0.15) is 74.7 Å². The van der Waals surface area contributed by atoms with E-state index in [1.54, 1.807) is 20.8 Å². The Morgan fingerprint density at radius 3 is 2.08 bits per heavy atom. The normalized spacial score (nSPS) is 26.3. The molecule has 4 N–H and O–H groups in total. The Kier molecular flexibility index (Phi) is 7.24. The van der Waals surface area contributed by atoms with Gasteiger partial charge in [-0.05, 0) is 55.8 Å². The third kappa shape index (κ3) is 6.00. The van der Waals surface area contributed by atoms with Crippen molar-refractivity contribution in [3.63, 3.8) is 0 Å². The molecule has 0 unspecified atom stereocenters. The van der Waals surface area contributed by atoms with Crippen molar-refractivity contribution in [3.8, 4) is 0 Å². The molecule has 2 saturated carbocycles. The maximum Gasteiger partial charge on any atom is 0.408 e. The van der Waals surface area contributed by atoms with Gasteiger partial charge in [-0.3, -0.25) is 19.2 Å². The summed E-state index contributed by atoms with van der Waals surface area (Å²) in [5.41, 5.74) is 3.70. The number of primary amides is 1. The zero-order valence-electron chi connectivity index (χ0n) is 22.8. The maximum atomic E-state index is 13.8. The zero-order valence-corrected chi connectivity index (χ0v) is 22.8. The van der Waals surface area contributed by atoms with E-state index in [9.17, 15) is 24.0 Å². The van der Waals surface area contributed by atoms with Crippen LogP contribution < -0.4 is 16.4 Å². The van der Waals surface area contributed by atoms with Crippen molar-refractivity contribution in [2.24, 2.45) is 34.3 Å². The summed E-state index contributed by atoms with van der Waals surface area (Å²) in [4.78, 5) is 65.5. The summed E-state index contributed by atoms with van der Waals surface area (Å²) in [6, 6.07) is -2.75. The smallest absolute Gasteiger partial charge is 0.408 e. The lowest BCUT2D eigenvalue weighted by atomic mass is 9.85. The van der Waals surface area contributed by atoms with E-state index in [-0.39, 0.29) is 29.1 Å². The van der Waals surface area contributed by atoms with Crippen LogP contribution in [-0.2, 0) is 23.9 Å². The minimum absolute atomic E-state index is 0.0890. The number of alkyl carbamates (subject to hydrolysis) is 1. The van der Waals surface area contributed by atoms with Crippen molar-refractivity contribution in [3.05, 3.63) is 0 Å². The minimum Gasteiger partial charge on any atom is -0.444 e. The quantitative estimate of drug-likeness (QED) is 0.427. The first-order valence-corrected chi connectivity index (χ1v) is 12.8. The number of amides is 4. The Morgan fingerprint density at radius 2 is 1.61 bits per heavy atom. The lowest BCUT2D eigenvalue weighted by molar-refractivity contribution is -0.145. The van der Waals surface area contributed by atoms with Gasteiger partial charge in [-0.1, -0.05) is 47.5 Å². The van der Waals surface area contributed by atoms with E-state index in [2.05, 4.69) is 24.5 Å². The number of nitrogens with two attached hydrogens (primary N) is 1. The van der Waals surface area contributed by atoms with Crippen LogP contribution >= 0.6 is 0 Å². The second-order valence-corrected chi connectivity index (χ2v) is 13.3. The van der Waals surface area contributed by atoms with Crippen LogP contribution in [0.25, 0.3) is 0 Å². The van der Waals surface area contributed by atoms with E-state index in [1.165, 1.54) is 4.90 Å². The first-order valence-electron chi connectivity index (χ1n) is 12.8. The number of hydrogen-bond acceptors (Lipinski definition) is 6. The molecule has 10 nitrogen and oxygen atoms in total. The lowest BCUT2D eigenvalue weighted by Gasteiger charge is -2.38. The number of Topliss-reactive ketones (excluding diaryl/α,β-unsaturated/α-hetero) is 1. The maximum absolute atomic E-state index is 13.8. The van der Waals surface area contributed by atoms with Gasteiger partial charge in [0, 0.05) is 6.54 Å². The van der Waals surface area contributed by atoms with Crippen molar-refractivity contribution in [1.29, 1.82) is 0 Å². The molecule has 3 rings (SSSR count). The minimum atomic E-state index is -1.08. The summed E-state index contributed by atoms with van der Waals surface area (Å²) in [6.07, 6.45) is 1.52. The predicted octanol–water partition coefficient (Wildman–Crippen LogP) is 1.75. The van der Waals surface area contributed by atoms with Crippen molar-refractivity contribution in [1.82, 2.24) is 15.5 Å².